The molecule has 0 aliphatic rings. The number of benzene rings is 1. The zero-order chi connectivity index (χ0) is 11.3. The van der Waals surface area contributed by atoms with Gasteiger partial charge in [-0.05, 0) is 11.6 Å². The van der Waals surface area contributed by atoms with Crippen LogP contribution in [0.25, 0.3) is 6.08 Å². The van der Waals surface area contributed by atoms with Crippen LogP contribution in [-0.2, 0) is 4.74 Å². The van der Waals surface area contributed by atoms with Crippen LogP contribution in [0.2, 0.25) is 0 Å². The van der Waals surface area contributed by atoms with Gasteiger partial charge < -0.3 is 4.74 Å². The van der Waals surface area contributed by atoms with Crippen molar-refractivity contribution in [2.24, 2.45) is 0 Å². The Morgan fingerprint density at radius 1 is 1.27 bits per heavy atom. The van der Waals surface area contributed by atoms with E-state index in [1.54, 1.807) is 30.3 Å². The molecule has 0 fully saturated rings. The summed E-state index contributed by atoms with van der Waals surface area (Å²) in [6.07, 6.45) is -3.25. The first-order chi connectivity index (χ1) is 7.04. The van der Waals surface area contributed by atoms with Crippen LogP contribution in [0.3, 0.4) is 0 Å². The van der Waals surface area contributed by atoms with Crippen molar-refractivity contribution in [3.63, 3.8) is 0 Å². The van der Waals surface area contributed by atoms with Gasteiger partial charge in [-0.1, -0.05) is 30.3 Å². The van der Waals surface area contributed by atoms with E-state index in [2.05, 4.69) is 4.74 Å². The van der Waals surface area contributed by atoms with Crippen molar-refractivity contribution in [2.75, 3.05) is 13.7 Å². The molecule has 82 valence electrons. The van der Waals surface area contributed by atoms with Gasteiger partial charge in [-0.2, -0.15) is 13.2 Å². The van der Waals surface area contributed by atoms with E-state index in [1.165, 1.54) is 7.11 Å². The normalized spacial score (nSPS) is 12.9. The van der Waals surface area contributed by atoms with E-state index in [4.69, 9.17) is 0 Å². The minimum Gasteiger partial charge on any atom is -0.380 e. The van der Waals surface area contributed by atoms with Crippen LogP contribution in [0, 0.1) is 0 Å². The number of rotatable bonds is 3. The lowest BCUT2D eigenvalue weighted by atomic mass is 10.1. The van der Waals surface area contributed by atoms with E-state index in [0.717, 1.165) is 6.08 Å². The summed E-state index contributed by atoms with van der Waals surface area (Å²) in [5.74, 6) is 0. The first-order valence-corrected chi connectivity index (χ1v) is 4.36. The Kier molecular flexibility index (Phi) is 3.91. The molecule has 0 aromatic heterocycles. The van der Waals surface area contributed by atoms with Crippen molar-refractivity contribution in [3.8, 4) is 0 Å². The Morgan fingerprint density at radius 3 is 2.33 bits per heavy atom. The summed E-state index contributed by atoms with van der Waals surface area (Å²) >= 11 is 0. The van der Waals surface area contributed by atoms with Gasteiger partial charge in [-0.3, -0.25) is 0 Å². The largest absolute Gasteiger partial charge is 0.414 e. The SMILES string of the molecule is COCC(=Cc1ccccc1)C(F)(F)F. The van der Waals surface area contributed by atoms with Crippen molar-refractivity contribution >= 4 is 6.08 Å². The highest BCUT2D eigenvalue weighted by Gasteiger charge is 2.33. The fourth-order valence-electron chi connectivity index (χ4n) is 1.11. The van der Waals surface area contributed by atoms with Crippen molar-refractivity contribution in [3.05, 3.63) is 41.5 Å². The second-order valence-corrected chi connectivity index (χ2v) is 3.01. The minimum atomic E-state index is -4.34. The molecule has 15 heavy (non-hydrogen) atoms. The number of hydrogen-bond acceptors (Lipinski definition) is 1. The summed E-state index contributed by atoms with van der Waals surface area (Å²) < 4.78 is 41.8. The van der Waals surface area contributed by atoms with Crippen LogP contribution in [-0.4, -0.2) is 19.9 Å². The summed E-state index contributed by atoms with van der Waals surface area (Å²) in [5, 5.41) is 0. The van der Waals surface area contributed by atoms with Crippen molar-refractivity contribution in [1.29, 1.82) is 0 Å². The number of methoxy groups -OCH3 is 1. The highest BCUT2D eigenvalue weighted by molar-refractivity contribution is 5.54. The number of hydrogen-bond donors (Lipinski definition) is 0. The van der Waals surface area contributed by atoms with Gasteiger partial charge in [-0.15, -0.1) is 0 Å². The van der Waals surface area contributed by atoms with Gasteiger partial charge in [-0.25, -0.2) is 0 Å². The Morgan fingerprint density at radius 2 is 1.87 bits per heavy atom. The van der Waals surface area contributed by atoms with Crippen LogP contribution in [0.4, 0.5) is 13.2 Å². The molecule has 0 radical (unpaired) electrons. The average Bonchev–Trinajstić information content (AvgIpc) is 2.17. The van der Waals surface area contributed by atoms with Gasteiger partial charge in [0.2, 0.25) is 0 Å². The molecule has 0 bridgehead atoms. The molecule has 0 N–H and O–H groups in total. The average molecular weight is 216 g/mol. The molecule has 1 nitrogen and oxygen atoms in total. The standard InChI is InChI=1S/C11H11F3O/c1-15-8-10(11(12,13)14)7-9-5-3-2-4-6-9/h2-7H,8H2,1H3. The Balaban J connectivity index is 2.94. The predicted octanol–water partition coefficient (Wildman–Crippen LogP) is 3.28. The molecule has 1 rings (SSSR count). The minimum absolute atomic E-state index is 0.432. The zero-order valence-electron chi connectivity index (χ0n) is 8.21. The highest BCUT2D eigenvalue weighted by Crippen LogP contribution is 2.27. The fourth-order valence-corrected chi connectivity index (χ4v) is 1.11. The number of ether oxygens (including phenoxy) is 1. The van der Waals surface area contributed by atoms with Crippen LogP contribution in [0.5, 0.6) is 0 Å². The Hall–Kier alpha value is -1.29. The third kappa shape index (κ3) is 3.75. The molecule has 0 unspecified atom stereocenters. The molecule has 0 atom stereocenters. The maximum absolute atomic E-state index is 12.4. The molecule has 0 spiro atoms. The van der Waals surface area contributed by atoms with Crippen molar-refractivity contribution in [1.82, 2.24) is 0 Å². The topological polar surface area (TPSA) is 9.23 Å². The molecular weight excluding hydrogens is 205 g/mol. The van der Waals surface area contributed by atoms with Crippen molar-refractivity contribution < 1.29 is 17.9 Å². The van der Waals surface area contributed by atoms with E-state index in [9.17, 15) is 13.2 Å². The summed E-state index contributed by atoms with van der Waals surface area (Å²) in [5.41, 5.74) is -0.168. The fraction of sp³-hybridized carbons (Fsp3) is 0.273. The smallest absolute Gasteiger partial charge is 0.380 e. The van der Waals surface area contributed by atoms with Crippen LogP contribution in [0.1, 0.15) is 5.56 Å². The van der Waals surface area contributed by atoms with Gasteiger partial charge in [0.25, 0.3) is 0 Å². The molecular formula is C11H11F3O. The lowest BCUT2D eigenvalue weighted by Crippen LogP contribution is -2.15. The maximum atomic E-state index is 12.4. The van der Waals surface area contributed by atoms with E-state index in [1.807, 2.05) is 0 Å². The summed E-state index contributed by atoms with van der Waals surface area (Å²) in [4.78, 5) is 0. The number of alkyl halides is 3. The van der Waals surface area contributed by atoms with Gasteiger partial charge in [0.1, 0.15) is 0 Å². The second kappa shape index (κ2) is 4.98. The molecule has 1 aromatic carbocycles. The van der Waals surface area contributed by atoms with Crippen LogP contribution in [0.15, 0.2) is 35.9 Å². The Labute approximate surface area is 86.2 Å². The van der Waals surface area contributed by atoms with E-state index in [-0.39, 0.29) is 0 Å². The van der Waals surface area contributed by atoms with Gasteiger partial charge in [0.15, 0.2) is 0 Å². The molecule has 0 saturated carbocycles. The predicted molar refractivity (Wildman–Crippen MR) is 52.4 cm³/mol. The molecule has 1 aromatic rings. The third-order valence-electron chi connectivity index (χ3n) is 1.80. The van der Waals surface area contributed by atoms with Crippen LogP contribution >= 0.6 is 0 Å². The third-order valence-corrected chi connectivity index (χ3v) is 1.80. The van der Waals surface area contributed by atoms with Crippen molar-refractivity contribution in [2.45, 2.75) is 6.18 Å². The molecule has 4 heteroatoms. The first-order valence-electron chi connectivity index (χ1n) is 4.36. The first kappa shape index (κ1) is 11.8. The monoisotopic (exact) mass is 216 g/mol. The van der Waals surface area contributed by atoms with Gasteiger partial charge in [0.05, 0.1) is 12.2 Å². The molecule has 0 aliphatic heterocycles. The second-order valence-electron chi connectivity index (χ2n) is 3.01. The molecule has 0 aliphatic carbocycles. The van der Waals surface area contributed by atoms with E-state index in [0.29, 0.717) is 5.56 Å². The highest BCUT2D eigenvalue weighted by atomic mass is 19.4. The Bertz CT molecular complexity index is 327. The summed E-state index contributed by atoms with van der Waals surface area (Å²) in [6.45, 7) is -0.432. The summed E-state index contributed by atoms with van der Waals surface area (Å²) in [7, 11) is 1.24. The zero-order valence-corrected chi connectivity index (χ0v) is 8.21. The lowest BCUT2D eigenvalue weighted by Gasteiger charge is -2.10. The van der Waals surface area contributed by atoms with E-state index < -0.39 is 18.4 Å². The van der Waals surface area contributed by atoms with Crippen LogP contribution < -0.4 is 0 Å². The summed E-state index contributed by atoms with van der Waals surface area (Å²) in [6, 6.07) is 8.35. The number of halogens is 3. The van der Waals surface area contributed by atoms with E-state index >= 15 is 0 Å². The lowest BCUT2D eigenvalue weighted by molar-refractivity contribution is -0.0979. The molecule has 0 amide bonds. The molecule has 0 saturated heterocycles. The molecule has 0 heterocycles. The quantitative estimate of drug-likeness (QED) is 0.753. The van der Waals surface area contributed by atoms with Gasteiger partial charge in [0, 0.05) is 7.11 Å². The maximum Gasteiger partial charge on any atom is 0.414 e. The van der Waals surface area contributed by atoms with Gasteiger partial charge >= 0.3 is 6.18 Å².